The first-order valence-corrected chi connectivity index (χ1v) is 11.4. The Morgan fingerprint density at radius 3 is 2.53 bits per heavy atom. The van der Waals surface area contributed by atoms with Gasteiger partial charge in [-0.15, -0.1) is 0 Å². The molecule has 3 aromatic rings. The van der Waals surface area contributed by atoms with E-state index >= 15 is 0 Å². The van der Waals surface area contributed by atoms with E-state index in [0.29, 0.717) is 22.8 Å². The van der Waals surface area contributed by atoms with Crippen molar-refractivity contribution in [1.29, 1.82) is 0 Å². The minimum Gasteiger partial charge on any atom is -0.487 e. The number of halogens is 1. The maximum atomic E-state index is 14.7. The first kappa shape index (κ1) is 21.1. The van der Waals surface area contributed by atoms with Crippen molar-refractivity contribution in [3.63, 3.8) is 0 Å². The number of rotatable bonds is 4. The standard InChI is InChI=1S/C25H30FN4O2/c1-17(2)25-27-24(28-32-25)18-6-8-21(9-7-18)30(12-10-29(3)11-13-30)22-16-20(26)15-19-5-4-14-31-23(19)22/h6-9,15-17H,4-5,10-14H2,1-3H3/q+1. The number of hydrogen-bond acceptors (Lipinski definition) is 5. The third kappa shape index (κ3) is 3.69. The van der Waals surface area contributed by atoms with E-state index < -0.39 is 0 Å². The van der Waals surface area contributed by atoms with Crippen molar-refractivity contribution >= 4 is 11.4 Å². The molecule has 0 spiro atoms. The maximum absolute atomic E-state index is 14.7. The molecule has 1 saturated heterocycles. The third-order valence-corrected chi connectivity index (χ3v) is 6.69. The van der Waals surface area contributed by atoms with Crippen molar-refractivity contribution in [2.75, 3.05) is 39.8 Å². The number of nitrogens with zero attached hydrogens (tertiary/aromatic N) is 4. The van der Waals surface area contributed by atoms with E-state index in [1.807, 2.05) is 26.0 Å². The zero-order chi connectivity index (χ0) is 22.3. The summed E-state index contributed by atoms with van der Waals surface area (Å²) in [4.78, 5) is 6.84. The number of aromatic nitrogens is 2. The van der Waals surface area contributed by atoms with Gasteiger partial charge in [0.1, 0.15) is 24.6 Å². The van der Waals surface area contributed by atoms with Gasteiger partial charge >= 0.3 is 0 Å². The Morgan fingerprint density at radius 2 is 1.84 bits per heavy atom. The van der Waals surface area contributed by atoms with Gasteiger partial charge in [0.25, 0.3) is 0 Å². The number of quaternary nitrogens is 1. The average molecular weight is 438 g/mol. The average Bonchev–Trinajstić information content (AvgIpc) is 3.30. The van der Waals surface area contributed by atoms with E-state index in [1.54, 1.807) is 12.1 Å². The van der Waals surface area contributed by atoms with Crippen LogP contribution in [0.15, 0.2) is 40.9 Å². The Bertz CT molecular complexity index is 1100. The maximum Gasteiger partial charge on any atom is 0.229 e. The molecular weight excluding hydrogens is 407 g/mol. The fraction of sp³-hybridized carbons (Fsp3) is 0.440. The van der Waals surface area contributed by atoms with Crippen molar-refractivity contribution < 1.29 is 13.7 Å². The normalized spacial score (nSPS) is 18.4. The highest BCUT2D eigenvalue weighted by atomic mass is 19.1. The molecule has 2 aliphatic heterocycles. The topological polar surface area (TPSA) is 51.4 Å². The van der Waals surface area contributed by atoms with Crippen LogP contribution in [0.2, 0.25) is 0 Å². The van der Waals surface area contributed by atoms with Crippen molar-refractivity contribution in [1.82, 2.24) is 19.5 Å². The highest BCUT2D eigenvalue weighted by Gasteiger charge is 2.41. The second-order valence-electron chi connectivity index (χ2n) is 9.24. The summed E-state index contributed by atoms with van der Waals surface area (Å²) in [5.41, 5.74) is 3.94. The van der Waals surface area contributed by atoms with Gasteiger partial charge in [0, 0.05) is 48.3 Å². The van der Waals surface area contributed by atoms with E-state index in [1.165, 1.54) is 0 Å². The van der Waals surface area contributed by atoms with Crippen molar-refractivity contribution in [2.45, 2.75) is 32.6 Å². The summed E-state index contributed by atoms with van der Waals surface area (Å²) in [6, 6.07) is 11.6. The second kappa shape index (κ2) is 8.30. The molecule has 0 aliphatic carbocycles. The number of benzene rings is 2. The quantitative estimate of drug-likeness (QED) is 0.543. The third-order valence-electron chi connectivity index (χ3n) is 6.69. The summed E-state index contributed by atoms with van der Waals surface area (Å²) in [5.74, 6) is 2.09. The SMILES string of the molecule is CC(C)c1nc(-c2ccc([N+]3(c4cc(F)cc5c4OCCC5)CCN(C)CC3)cc2)no1. The summed E-state index contributed by atoms with van der Waals surface area (Å²) in [5, 5.41) is 4.14. The van der Waals surface area contributed by atoms with Crippen LogP contribution < -0.4 is 9.22 Å². The second-order valence-corrected chi connectivity index (χ2v) is 9.24. The molecule has 32 heavy (non-hydrogen) atoms. The summed E-state index contributed by atoms with van der Waals surface area (Å²) in [7, 11) is 2.14. The van der Waals surface area contributed by atoms with Crippen LogP contribution in [0.1, 0.15) is 37.6 Å². The van der Waals surface area contributed by atoms with Gasteiger partial charge in [-0.2, -0.15) is 4.98 Å². The molecule has 0 N–H and O–H groups in total. The lowest BCUT2D eigenvalue weighted by molar-refractivity contribution is 0.196. The highest BCUT2D eigenvalue weighted by Crippen LogP contribution is 2.46. The van der Waals surface area contributed by atoms with Crippen LogP contribution in [-0.4, -0.2) is 54.9 Å². The molecule has 2 aliphatic rings. The summed E-state index contributed by atoms with van der Waals surface area (Å²) in [6.45, 7) is 8.31. The molecule has 168 valence electrons. The lowest BCUT2D eigenvalue weighted by atomic mass is 10.0. The summed E-state index contributed by atoms with van der Waals surface area (Å²) in [6.07, 6.45) is 1.78. The predicted molar refractivity (Wildman–Crippen MR) is 123 cm³/mol. The molecule has 0 amide bonds. The van der Waals surface area contributed by atoms with Gasteiger partial charge in [-0.3, -0.25) is 9.38 Å². The number of ether oxygens (including phenoxy) is 1. The van der Waals surface area contributed by atoms with Gasteiger partial charge in [0.05, 0.1) is 6.61 Å². The van der Waals surface area contributed by atoms with Crippen LogP contribution in [0.25, 0.3) is 11.4 Å². The zero-order valence-electron chi connectivity index (χ0n) is 19.0. The molecule has 1 fully saturated rings. The lowest BCUT2D eigenvalue weighted by Gasteiger charge is -2.44. The van der Waals surface area contributed by atoms with Gasteiger partial charge in [-0.1, -0.05) is 19.0 Å². The number of fused-ring (bicyclic) bond motifs is 1. The van der Waals surface area contributed by atoms with Gasteiger partial charge < -0.3 is 9.26 Å². The molecule has 1 aromatic heterocycles. The van der Waals surface area contributed by atoms with E-state index in [9.17, 15) is 4.39 Å². The molecule has 5 rings (SSSR count). The molecule has 0 radical (unpaired) electrons. The molecular formula is C25H30FN4O2+. The van der Waals surface area contributed by atoms with Crippen molar-refractivity contribution in [3.8, 4) is 17.1 Å². The Balaban J connectivity index is 1.58. The largest absolute Gasteiger partial charge is 0.487 e. The number of aryl methyl sites for hydroxylation is 1. The molecule has 3 heterocycles. The van der Waals surface area contributed by atoms with E-state index in [4.69, 9.17) is 9.26 Å². The monoisotopic (exact) mass is 437 g/mol. The van der Waals surface area contributed by atoms with E-state index in [0.717, 1.165) is 67.3 Å². The fourth-order valence-electron chi connectivity index (χ4n) is 4.77. The zero-order valence-corrected chi connectivity index (χ0v) is 19.0. The Hall–Kier alpha value is -2.77. The van der Waals surface area contributed by atoms with Gasteiger partial charge in [-0.05, 0) is 38.1 Å². The Labute approximate surface area is 188 Å². The first-order valence-electron chi connectivity index (χ1n) is 11.4. The first-order chi connectivity index (χ1) is 15.5. The number of piperazine rings is 1. The molecule has 0 saturated carbocycles. The smallest absolute Gasteiger partial charge is 0.229 e. The molecule has 6 nitrogen and oxygen atoms in total. The molecule has 0 unspecified atom stereocenters. The minimum absolute atomic E-state index is 0.189. The van der Waals surface area contributed by atoms with E-state index in [2.05, 4.69) is 34.2 Å². The lowest BCUT2D eigenvalue weighted by Crippen LogP contribution is -2.57. The van der Waals surface area contributed by atoms with Gasteiger partial charge in [0.15, 0.2) is 11.4 Å². The van der Waals surface area contributed by atoms with Crippen molar-refractivity contribution in [3.05, 3.63) is 53.7 Å². The number of likely N-dealkylation sites (N-methyl/N-ethyl adjacent to an activating group) is 1. The Morgan fingerprint density at radius 1 is 1.09 bits per heavy atom. The molecule has 0 bridgehead atoms. The highest BCUT2D eigenvalue weighted by molar-refractivity contribution is 5.70. The van der Waals surface area contributed by atoms with Crippen LogP contribution in [-0.2, 0) is 6.42 Å². The Kier molecular flexibility index (Phi) is 5.47. The van der Waals surface area contributed by atoms with Crippen LogP contribution in [0.4, 0.5) is 15.8 Å². The number of hydrogen-bond donors (Lipinski definition) is 0. The fourth-order valence-corrected chi connectivity index (χ4v) is 4.77. The van der Waals surface area contributed by atoms with Crippen LogP contribution >= 0.6 is 0 Å². The summed E-state index contributed by atoms with van der Waals surface area (Å²) >= 11 is 0. The van der Waals surface area contributed by atoms with Crippen LogP contribution in [0.5, 0.6) is 5.75 Å². The predicted octanol–water partition coefficient (Wildman–Crippen LogP) is 4.91. The van der Waals surface area contributed by atoms with Crippen molar-refractivity contribution in [2.24, 2.45) is 0 Å². The molecule has 2 aromatic carbocycles. The summed E-state index contributed by atoms with van der Waals surface area (Å²) < 4.78 is 26.8. The van der Waals surface area contributed by atoms with E-state index in [-0.39, 0.29) is 11.7 Å². The molecule has 7 heteroatoms. The van der Waals surface area contributed by atoms with Gasteiger partial charge in [-0.25, -0.2) is 4.39 Å². The molecule has 0 atom stereocenters. The van der Waals surface area contributed by atoms with Gasteiger partial charge in [0.2, 0.25) is 11.7 Å². The van der Waals surface area contributed by atoms with Crippen LogP contribution in [0, 0.1) is 5.82 Å². The van der Waals surface area contributed by atoms with Crippen LogP contribution in [0.3, 0.4) is 0 Å². The minimum atomic E-state index is -0.190.